The summed E-state index contributed by atoms with van der Waals surface area (Å²) in [6, 6.07) is 0.363. The third kappa shape index (κ3) is 4.12. The van der Waals surface area contributed by atoms with E-state index in [0.717, 1.165) is 43.5 Å². The quantitative estimate of drug-likeness (QED) is 0.683. The van der Waals surface area contributed by atoms with Crippen LogP contribution in [0.25, 0.3) is 0 Å². The molecule has 166 valence electrons. The molecule has 0 radical (unpaired) electrons. The first kappa shape index (κ1) is 20.7. The smallest absolute Gasteiger partial charge is 0.277 e. The average Bonchev–Trinajstić information content (AvgIpc) is 2.99. The molecule has 3 aliphatic carbocycles. The van der Waals surface area contributed by atoms with Crippen LogP contribution in [0.3, 0.4) is 0 Å². The first-order valence-electron chi connectivity index (χ1n) is 12.6. The van der Waals surface area contributed by atoms with Gasteiger partial charge in [0.15, 0.2) is 0 Å². The maximum absolute atomic E-state index is 13.6. The lowest BCUT2D eigenvalue weighted by Crippen LogP contribution is -2.50. The van der Waals surface area contributed by atoms with E-state index in [9.17, 15) is 4.79 Å². The topological polar surface area (TPSA) is 45.1 Å². The number of aliphatic imine (C=N–C) groups is 1. The van der Waals surface area contributed by atoms with Gasteiger partial charge in [-0.15, -0.1) is 0 Å². The molecule has 0 N–H and O–H groups in total. The van der Waals surface area contributed by atoms with E-state index in [0.29, 0.717) is 12.7 Å². The maximum atomic E-state index is 13.6. The second kappa shape index (κ2) is 8.74. The summed E-state index contributed by atoms with van der Waals surface area (Å²) in [6.45, 7) is 6.76. The predicted octanol–water partition coefficient (Wildman–Crippen LogP) is 4.52. The summed E-state index contributed by atoms with van der Waals surface area (Å²) in [5.41, 5.74) is 3.40. The molecule has 5 atom stereocenters. The van der Waals surface area contributed by atoms with Gasteiger partial charge in [-0.25, -0.2) is 0 Å². The summed E-state index contributed by atoms with van der Waals surface area (Å²) in [5.74, 6) is 1.96. The van der Waals surface area contributed by atoms with Gasteiger partial charge in [0.1, 0.15) is 5.71 Å². The van der Waals surface area contributed by atoms with Gasteiger partial charge in [0.05, 0.1) is 24.9 Å². The van der Waals surface area contributed by atoms with E-state index in [4.69, 9.17) is 9.73 Å². The molecule has 1 amide bonds. The van der Waals surface area contributed by atoms with E-state index < -0.39 is 0 Å². The lowest BCUT2D eigenvalue weighted by molar-refractivity contribution is -0.127. The molecular formula is C25H39N3O2. The van der Waals surface area contributed by atoms with Crippen LogP contribution < -0.4 is 0 Å². The number of morpholine rings is 1. The molecule has 0 aromatic carbocycles. The predicted molar refractivity (Wildman–Crippen MR) is 119 cm³/mol. The molecule has 5 unspecified atom stereocenters. The van der Waals surface area contributed by atoms with Crippen molar-refractivity contribution in [3.63, 3.8) is 0 Å². The normalized spacial score (nSPS) is 39.4. The summed E-state index contributed by atoms with van der Waals surface area (Å²) >= 11 is 0. The number of hydrogen-bond acceptors (Lipinski definition) is 4. The van der Waals surface area contributed by atoms with Crippen LogP contribution >= 0.6 is 0 Å². The highest BCUT2D eigenvalue weighted by molar-refractivity contribution is 6.48. The van der Waals surface area contributed by atoms with E-state index in [1.165, 1.54) is 69.1 Å². The van der Waals surface area contributed by atoms with Crippen LogP contribution in [0.4, 0.5) is 0 Å². The molecule has 5 aliphatic rings. The third-order valence-electron chi connectivity index (χ3n) is 8.16. The van der Waals surface area contributed by atoms with Crippen LogP contribution in [0.1, 0.15) is 84.5 Å². The number of amides is 1. The standard InChI is InChI=1S/C25H39N3O2/c1-17-14-27(15-18(2)30-17)16-28-23-10-6-5-9-22(23)24(25(28)29)26-21-12-11-19-7-3-4-8-20(19)13-21/h17-21H,3-16H2,1-2H3. The van der Waals surface area contributed by atoms with Crippen LogP contribution in [0.15, 0.2) is 16.3 Å². The first-order valence-corrected chi connectivity index (χ1v) is 12.6. The fourth-order valence-corrected chi connectivity index (χ4v) is 6.85. The highest BCUT2D eigenvalue weighted by Crippen LogP contribution is 2.42. The largest absolute Gasteiger partial charge is 0.373 e. The van der Waals surface area contributed by atoms with E-state index in [2.05, 4.69) is 23.6 Å². The molecule has 0 aromatic heterocycles. The Labute approximate surface area is 181 Å². The lowest BCUT2D eigenvalue weighted by Gasteiger charge is -2.38. The van der Waals surface area contributed by atoms with E-state index >= 15 is 0 Å². The summed E-state index contributed by atoms with van der Waals surface area (Å²) in [4.78, 5) is 23.2. The summed E-state index contributed by atoms with van der Waals surface area (Å²) in [5, 5.41) is 0. The molecule has 2 heterocycles. The third-order valence-corrected chi connectivity index (χ3v) is 8.16. The fraction of sp³-hybridized carbons (Fsp3) is 0.840. The highest BCUT2D eigenvalue weighted by atomic mass is 16.5. The monoisotopic (exact) mass is 413 g/mol. The molecule has 2 saturated carbocycles. The Balaban J connectivity index is 1.33. The van der Waals surface area contributed by atoms with Crippen LogP contribution in [-0.2, 0) is 9.53 Å². The molecule has 5 nitrogen and oxygen atoms in total. The van der Waals surface area contributed by atoms with Crippen LogP contribution in [0, 0.1) is 11.8 Å². The Morgan fingerprint density at radius 1 is 0.933 bits per heavy atom. The van der Waals surface area contributed by atoms with Gasteiger partial charge in [0, 0.05) is 24.4 Å². The maximum Gasteiger partial charge on any atom is 0.277 e. The number of rotatable bonds is 3. The zero-order valence-electron chi connectivity index (χ0n) is 18.9. The van der Waals surface area contributed by atoms with Gasteiger partial charge in [-0.3, -0.25) is 19.6 Å². The van der Waals surface area contributed by atoms with E-state index in [1.807, 2.05) is 0 Å². The molecule has 5 heteroatoms. The van der Waals surface area contributed by atoms with Gasteiger partial charge >= 0.3 is 0 Å². The zero-order valence-corrected chi connectivity index (χ0v) is 18.9. The van der Waals surface area contributed by atoms with Crippen molar-refractivity contribution < 1.29 is 9.53 Å². The lowest BCUT2D eigenvalue weighted by atomic mass is 9.69. The Morgan fingerprint density at radius 3 is 2.47 bits per heavy atom. The van der Waals surface area contributed by atoms with Crippen molar-refractivity contribution in [2.24, 2.45) is 16.8 Å². The van der Waals surface area contributed by atoms with Gasteiger partial charge in [-0.1, -0.05) is 25.7 Å². The van der Waals surface area contributed by atoms with Crippen LogP contribution in [0.5, 0.6) is 0 Å². The average molecular weight is 414 g/mol. The summed E-state index contributed by atoms with van der Waals surface area (Å²) in [6.07, 6.45) is 14.2. The molecule has 1 saturated heterocycles. The SMILES string of the molecule is CC1CN(CN2C(=O)C(=NC3CCC4CCCCC4C3)C3=C2CCCC3)CC(C)O1. The van der Waals surface area contributed by atoms with Gasteiger partial charge in [-0.2, -0.15) is 0 Å². The second-order valence-electron chi connectivity index (χ2n) is 10.5. The highest BCUT2D eigenvalue weighted by Gasteiger charge is 2.40. The minimum Gasteiger partial charge on any atom is -0.373 e. The number of carbonyl (C=O) groups excluding carboxylic acids is 1. The van der Waals surface area contributed by atoms with Gasteiger partial charge < -0.3 is 4.74 Å². The van der Waals surface area contributed by atoms with Gasteiger partial charge in [0.25, 0.3) is 5.91 Å². The van der Waals surface area contributed by atoms with Crippen molar-refractivity contribution in [2.75, 3.05) is 19.8 Å². The van der Waals surface area contributed by atoms with E-state index in [-0.39, 0.29) is 18.1 Å². The fourth-order valence-electron chi connectivity index (χ4n) is 6.85. The minimum absolute atomic E-state index is 0.180. The van der Waals surface area contributed by atoms with Crippen molar-refractivity contribution in [1.29, 1.82) is 0 Å². The number of allylic oxidation sites excluding steroid dienone is 1. The minimum atomic E-state index is 0.180. The Kier molecular flexibility index (Phi) is 6.03. The second-order valence-corrected chi connectivity index (χ2v) is 10.5. The van der Waals surface area contributed by atoms with Crippen molar-refractivity contribution in [3.05, 3.63) is 11.3 Å². The molecule has 3 fully saturated rings. The van der Waals surface area contributed by atoms with Gasteiger partial charge in [-0.05, 0) is 70.6 Å². The van der Waals surface area contributed by atoms with Crippen molar-refractivity contribution in [2.45, 2.75) is 103 Å². The van der Waals surface area contributed by atoms with Crippen molar-refractivity contribution in [1.82, 2.24) is 9.80 Å². The summed E-state index contributed by atoms with van der Waals surface area (Å²) < 4.78 is 5.90. The molecule has 30 heavy (non-hydrogen) atoms. The molecular weight excluding hydrogens is 374 g/mol. The molecule has 2 aliphatic heterocycles. The molecule has 0 aromatic rings. The number of nitrogens with zero attached hydrogens (tertiary/aromatic N) is 3. The van der Waals surface area contributed by atoms with Crippen LogP contribution in [-0.4, -0.2) is 59.4 Å². The Bertz CT molecular complexity index is 720. The van der Waals surface area contributed by atoms with Crippen molar-refractivity contribution >= 4 is 11.6 Å². The van der Waals surface area contributed by atoms with Crippen LogP contribution in [0.2, 0.25) is 0 Å². The molecule has 5 rings (SSSR count). The Morgan fingerprint density at radius 2 is 1.67 bits per heavy atom. The van der Waals surface area contributed by atoms with Gasteiger partial charge in [0.2, 0.25) is 0 Å². The summed E-state index contributed by atoms with van der Waals surface area (Å²) in [7, 11) is 0. The first-order chi connectivity index (χ1) is 14.6. The zero-order chi connectivity index (χ0) is 20.7. The number of ether oxygens (including phenoxy) is 1. The number of carbonyl (C=O) groups is 1. The molecule has 0 spiro atoms. The van der Waals surface area contributed by atoms with Crippen molar-refractivity contribution in [3.8, 4) is 0 Å². The molecule has 0 bridgehead atoms. The number of fused-ring (bicyclic) bond motifs is 1. The Hall–Kier alpha value is -1.20. The van der Waals surface area contributed by atoms with E-state index in [1.54, 1.807) is 0 Å². The number of hydrogen-bond donors (Lipinski definition) is 0.